The average molecular weight is 591 g/mol. The normalized spacial score (nSPS) is 16.5. The first-order chi connectivity index (χ1) is 20.2. The topological polar surface area (TPSA) is 125 Å². The third-order valence-electron chi connectivity index (χ3n) is 7.12. The lowest BCUT2D eigenvalue weighted by Crippen LogP contribution is -2.48. The third kappa shape index (κ3) is 8.09. The molecule has 14 heteroatoms. The summed E-state index contributed by atoms with van der Waals surface area (Å²) in [5.74, 6) is -0.341. The number of nitrogens with zero attached hydrogens (tertiary/aromatic N) is 6. The predicted molar refractivity (Wildman–Crippen MR) is 146 cm³/mol. The number of ether oxygens (including phenoxy) is 3. The summed E-state index contributed by atoms with van der Waals surface area (Å²) in [6, 6.07) is 8.33. The van der Waals surface area contributed by atoms with Gasteiger partial charge in [-0.05, 0) is 37.0 Å². The van der Waals surface area contributed by atoms with Crippen LogP contribution in [0.3, 0.4) is 0 Å². The van der Waals surface area contributed by atoms with Crippen molar-refractivity contribution in [1.29, 1.82) is 5.26 Å². The molecule has 3 aromatic rings. The smallest absolute Gasteiger partial charge is 0.490 e. The highest BCUT2D eigenvalue weighted by atomic mass is 19.4. The molecule has 2 fully saturated rings. The van der Waals surface area contributed by atoms with Crippen LogP contribution in [-0.4, -0.2) is 103 Å². The standard InChI is InChI=1S/C26H32N6O3.C2HF3O2/c1-33-12-13-35-23-14-24(26-22(15-27)17-29-32(26)19-23)21-2-3-25(28-16-21)31-8-6-30(7-9-31)18-20-4-10-34-11-5-20;3-2(4,5)1(6)7/h2-3,14,16-17,19-20H,4-13,18H2,1H3;(H,6,7). The molecule has 0 bridgehead atoms. The molecule has 2 aliphatic heterocycles. The lowest BCUT2D eigenvalue weighted by molar-refractivity contribution is -0.192. The van der Waals surface area contributed by atoms with E-state index in [0.717, 1.165) is 67.8 Å². The number of anilines is 1. The molecular weight excluding hydrogens is 557 g/mol. The maximum Gasteiger partial charge on any atom is 0.490 e. The summed E-state index contributed by atoms with van der Waals surface area (Å²) in [6.45, 7) is 7.99. The number of pyridine rings is 2. The molecule has 0 aromatic carbocycles. The fraction of sp³-hybridized carbons (Fsp3) is 0.500. The van der Waals surface area contributed by atoms with Crippen LogP contribution in [0.25, 0.3) is 16.6 Å². The molecule has 11 nitrogen and oxygen atoms in total. The summed E-state index contributed by atoms with van der Waals surface area (Å²) >= 11 is 0. The minimum Gasteiger partial charge on any atom is -0.490 e. The number of piperazine rings is 1. The Morgan fingerprint density at radius 3 is 2.48 bits per heavy atom. The lowest BCUT2D eigenvalue weighted by Gasteiger charge is -2.37. The van der Waals surface area contributed by atoms with Gasteiger partial charge in [-0.3, -0.25) is 4.90 Å². The number of nitriles is 1. The van der Waals surface area contributed by atoms with E-state index < -0.39 is 12.1 Å². The largest absolute Gasteiger partial charge is 0.490 e. The van der Waals surface area contributed by atoms with Gasteiger partial charge >= 0.3 is 12.1 Å². The number of carboxylic acids is 1. The molecule has 0 amide bonds. The molecule has 1 N–H and O–H groups in total. The Bertz CT molecular complexity index is 1360. The summed E-state index contributed by atoms with van der Waals surface area (Å²) in [5, 5.41) is 21.1. The van der Waals surface area contributed by atoms with E-state index in [1.807, 2.05) is 12.3 Å². The van der Waals surface area contributed by atoms with Gasteiger partial charge in [-0.2, -0.15) is 23.5 Å². The molecule has 5 rings (SSSR count). The number of aliphatic carboxylic acids is 1. The highest BCUT2D eigenvalue weighted by Crippen LogP contribution is 2.31. The highest BCUT2D eigenvalue weighted by molar-refractivity contribution is 5.85. The van der Waals surface area contributed by atoms with Crippen LogP contribution in [0.2, 0.25) is 0 Å². The number of alkyl halides is 3. The van der Waals surface area contributed by atoms with Crippen molar-refractivity contribution >= 4 is 17.3 Å². The fourth-order valence-electron chi connectivity index (χ4n) is 4.91. The summed E-state index contributed by atoms with van der Waals surface area (Å²) in [4.78, 5) is 18.6. The number of carbonyl (C=O) groups is 1. The van der Waals surface area contributed by atoms with Crippen LogP contribution in [-0.2, 0) is 14.3 Å². The first-order valence-corrected chi connectivity index (χ1v) is 13.5. The van der Waals surface area contributed by atoms with Crippen molar-refractivity contribution in [1.82, 2.24) is 19.5 Å². The molecule has 5 heterocycles. The average Bonchev–Trinajstić information content (AvgIpc) is 3.41. The summed E-state index contributed by atoms with van der Waals surface area (Å²) in [7, 11) is 1.64. The van der Waals surface area contributed by atoms with Gasteiger partial charge in [0, 0.05) is 70.4 Å². The van der Waals surface area contributed by atoms with Crippen molar-refractivity contribution in [2.45, 2.75) is 19.0 Å². The van der Waals surface area contributed by atoms with Gasteiger partial charge < -0.3 is 24.2 Å². The molecule has 0 atom stereocenters. The van der Waals surface area contributed by atoms with E-state index in [1.165, 1.54) is 19.4 Å². The van der Waals surface area contributed by atoms with Gasteiger partial charge in [0.2, 0.25) is 0 Å². The SMILES string of the molecule is COCCOc1cc(-c2ccc(N3CCN(CC4CCOCC4)CC3)nc2)c2c(C#N)cnn2c1.O=C(O)C(F)(F)F. The summed E-state index contributed by atoms with van der Waals surface area (Å²) < 4.78 is 49.9. The number of rotatable bonds is 8. The second-order valence-electron chi connectivity index (χ2n) is 9.95. The van der Waals surface area contributed by atoms with Gasteiger partial charge in [-0.15, -0.1) is 0 Å². The summed E-state index contributed by atoms with van der Waals surface area (Å²) in [5.41, 5.74) is 3.07. The molecule has 0 spiro atoms. The molecule has 0 unspecified atom stereocenters. The van der Waals surface area contributed by atoms with E-state index in [9.17, 15) is 18.4 Å². The van der Waals surface area contributed by atoms with Crippen molar-refractivity contribution < 1.29 is 37.3 Å². The van der Waals surface area contributed by atoms with Crippen molar-refractivity contribution in [3.63, 3.8) is 0 Å². The van der Waals surface area contributed by atoms with Crippen molar-refractivity contribution in [2.24, 2.45) is 5.92 Å². The maximum absolute atomic E-state index is 10.6. The third-order valence-corrected chi connectivity index (χ3v) is 7.12. The van der Waals surface area contributed by atoms with E-state index in [4.69, 9.17) is 29.1 Å². The Hall–Kier alpha value is -3.93. The quantitative estimate of drug-likeness (QED) is 0.390. The van der Waals surface area contributed by atoms with E-state index in [1.54, 1.807) is 24.0 Å². The van der Waals surface area contributed by atoms with Crippen molar-refractivity contribution in [3.05, 3.63) is 42.4 Å². The molecular formula is C28H33F3N6O5. The number of aromatic nitrogens is 3. The first kappa shape index (κ1) is 31.0. The van der Waals surface area contributed by atoms with Crippen LogP contribution < -0.4 is 9.64 Å². The van der Waals surface area contributed by atoms with Gasteiger partial charge in [-0.1, -0.05) is 0 Å². The molecule has 2 aliphatic rings. The molecule has 0 aliphatic carbocycles. The zero-order valence-corrected chi connectivity index (χ0v) is 23.2. The maximum atomic E-state index is 10.6. The van der Waals surface area contributed by atoms with Crippen molar-refractivity contribution in [2.75, 3.05) is 71.2 Å². The fourth-order valence-corrected chi connectivity index (χ4v) is 4.91. The Morgan fingerprint density at radius 2 is 1.88 bits per heavy atom. The second-order valence-corrected chi connectivity index (χ2v) is 9.95. The Morgan fingerprint density at radius 1 is 1.17 bits per heavy atom. The van der Waals surface area contributed by atoms with Crippen LogP contribution >= 0.6 is 0 Å². The summed E-state index contributed by atoms with van der Waals surface area (Å²) in [6.07, 6.45) is 2.53. The minimum absolute atomic E-state index is 0.436. The lowest BCUT2D eigenvalue weighted by atomic mass is 9.99. The monoisotopic (exact) mass is 590 g/mol. The Labute approximate surface area is 241 Å². The number of carboxylic acid groups (broad SMARTS) is 1. The highest BCUT2D eigenvalue weighted by Gasteiger charge is 2.38. The van der Waals surface area contributed by atoms with E-state index >= 15 is 0 Å². The zero-order chi connectivity index (χ0) is 30.1. The Balaban J connectivity index is 0.000000517. The number of fused-ring (bicyclic) bond motifs is 1. The molecule has 3 aromatic heterocycles. The van der Waals surface area contributed by atoms with E-state index in [0.29, 0.717) is 24.5 Å². The predicted octanol–water partition coefficient (Wildman–Crippen LogP) is 3.48. The minimum atomic E-state index is -5.08. The molecule has 42 heavy (non-hydrogen) atoms. The second kappa shape index (κ2) is 14.3. The van der Waals surface area contributed by atoms with Crippen LogP contribution in [0.15, 0.2) is 36.8 Å². The van der Waals surface area contributed by atoms with Gasteiger partial charge in [-0.25, -0.2) is 14.3 Å². The van der Waals surface area contributed by atoms with Gasteiger partial charge in [0.15, 0.2) is 0 Å². The Kier molecular flexibility index (Phi) is 10.6. The zero-order valence-electron chi connectivity index (χ0n) is 23.2. The van der Waals surface area contributed by atoms with Crippen LogP contribution in [0, 0.1) is 17.2 Å². The van der Waals surface area contributed by atoms with Gasteiger partial charge in [0.25, 0.3) is 0 Å². The van der Waals surface area contributed by atoms with Crippen molar-refractivity contribution in [3.8, 4) is 22.9 Å². The van der Waals surface area contributed by atoms with Gasteiger partial charge in [0.1, 0.15) is 24.2 Å². The van der Waals surface area contributed by atoms with Crippen LogP contribution in [0.1, 0.15) is 18.4 Å². The molecule has 0 radical (unpaired) electrons. The van der Waals surface area contributed by atoms with E-state index in [-0.39, 0.29) is 0 Å². The molecule has 2 saturated heterocycles. The van der Waals surface area contributed by atoms with Crippen LogP contribution in [0.4, 0.5) is 19.0 Å². The number of hydrogen-bond donors (Lipinski definition) is 1. The molecule has 0 saturated carbocycles. The van der Waals surface area contributed by atoms with Gasteiger partial charge in [0.05, 0.1) is 30.1 Å². The number of halogens is 3. The molecule has 226 valence electrons. The number of hydrogen-bond acceptors (Lipinski definition) is 9. The first-order valence-electron chi connectivity index (χ1n) is 13.5. The number of methoxy groups -OCH3 is 1. The van der Waals surface area contributed by atoms with Crippen LogP contribution in [0.5, 0.6) is 5.75 Å². The van der Waals surface area contributed by atoms with E-state index in [2.05, 4.69) is 33.1 Å².